The second kappa shape index (κ2) is 17.1. The maximum atomic E-state index is 13.9. The Morgan fingerprint density at radius 2 is 1.64 bits per heavy atom. The zero-order chi connectivity index (χ0) is 35.8. The molecule has 2 aromatic rings. The van der Waals surface area contributed by atoms with Gasteiger partial charge in [0, 0.05) is 61.6 Å². The van der Waals surface area contributed by atoms with E-state index in [0.29, 0.717) is 55.7 Å². The Balaban J connectivity index is 1.20. The molecule has 14 heteroatoms. The lowest BCUT2D eigenvalue weighted by Crippen LogP contribution is -2.45. The van der Waals surface area contributed by atoms with Crippen LogP contribution in [0, 0.1) is 12.8 Å². The molecule has 3 atom stereocenters. The van der Waals surface area contributed by atoms with Crippen molar-refractivity contribution in [2.45, 2.75) is 121 Å². The minimum Gasteiger partial charge on any atom is -0.362 e. The van der Waals surface area contributed by atoms with Crippen LogP contribution in [-0.4, -0.2) is 88.2 Å². The number of hydrogen-bond donors (Lipinski definition) is 4. The summed E-state index contributed by atoms with van der Waals surface area (Å²) in [6, 6.07) is 8.20. The standard InChI is InChI=1S/C36H54F2N8O4/c1-23(2)34-44-43-24(3)46(34)30-19-28-9-10-29(20-30)45(28)18-13-31(42-35(49)26-11-14-36(37,38)15-12-26)25-5-7-27(8-6-25)41-33(48)22-50-21-32(47)40-17-4-16-39/h5-8,23,26,28-31H,4,9-22,39H2,1-3H3,(H,40,47)(H,41,48)(H,42,49)/t28?,29?,30?,31-/m0/s1. The number of nitrogens with zero attached hydrogens (tertiary/aromatic N) is 4. The molecule has 50 heavy (non-hydrogen) atoms. The predicted molar refractivity (Wildman–Crippen MR) is 186 cm³/mol. The molecule has 3 amide bonds. The van der Waals surface area contributed by atoms with Gasteiger partial charge in [-0.3, -0.25) is 19.3 Å². The number of rotatable bonds is 16. The number of nitrogens with two attached hydrogens (primary N) is 1. The van der Waals surface area contributed by atoms with E-state index in [2.05, 4.69) is 49.5 Å². The number of piperidine rings is 1. The molecule has 12 nitrogen and oxygen atoms in total. The van der Waals surface area contributed by atoms with Crippen LogP contribution in [0.5, 0.6) is 0 Å². The van der Waals surface area contributed by atoms with Crippen LogP contribution in [0.2, 0.25) is 0 Å². The molecule has 3 fully saturated rings. The van der Waals surface area contributed by atoms with Crippen LogP contribution in [0.15, 0.2) is 24.3 Å². The number of ether oxygens (including phenoxy) is 1. The largest absolute Gasteiger partial charge is 0.362 e. The van der Waals surface area contributed by atoms with E-state index in [4.69, 9.17) is 10.5 Å². The van der Waals surface area contributed by atoms with E-state index >= 15 is 0 Å². The molecule has 2 bridgehead atoms. The van der Waals surface area contributed by atoms with Crippen LogP contribution in [0.4, 0.5) is 14.5 Å². The topological polar surface area (TPSA) is 157 Å². The minimum atomic E-state index is -2.70. The van der Waals surface area contributed by atoms with Crippen molar-refractivity contribution in [3.63, 3.8) is 0 Å². The first kappa shape index (κ1) is 37.8. The predicted octanol–water partition coefficient (Wildman–Crippen LogP) is 4.37. The highest BCUT2D eigenvalue weighted by Gasteiger charge is 2.43. The Bertz CT molecular complexity index is 1430. The number of halogens is 2. The fourth-order valence-corrected chi connectivity index (χ4v) is 7.86. The van der Waals surface area contributed by atoms with Crippen molar-refractivity contribution in [2.75, 3.05) is 38.2 Å². The summed E-state index contributed by atoms with van der Waals surface area (Å²) < 4.78 is 35.3. The number of amides is 3. The summed E-state index contributed by atoms with van der Waals surface area (Å²) in [5.74, 6) is -1.73. The number of nitrogens with one attached hydrogen (secondary N) is 3. The maximum Gasteiger partial charge on any atom is 0.250 e. The van der Waals surface area contributed by atoms with Crippen molar-refractivity contribution >= 4 is 23.4 Å². The third-order valence-electron chi connectivity index (χ3n) is 10.5. The van der Waals surface area contributed by atoms with Crippen molar-refractivity contribution in [1.29, 1.82) is 0 Å². The second-order valence-corrected chi connectivity index (χ2v) is 14.5. The van der Waals surface area contributed by atoms with E-state index in [9.17, 15) is 23.2 Å². The number of carbonyl (C=O) groups is 3. The number of benzene rings is 1. The highest BCUT2D eigenvalue weighted by atomic mass is 19.3. The SMILES string of the molecule is Cc1nnc(C(C)C)n1C1CC2CCC(C1)N2CC[C@H](NC(=O)C1CCC(F)(F)CC1)c1ccc(NC(=O)COCC(=O)NCCCN)cc1. The van der Waals surface area contributed by atoms with Gasteiger partial charge in [-0.05, 0) is 82.5 Å². The van der Waals surface area contributed by atoms with E-state index in [1.54, 1.807) is 12.1 Å². The van der Waals surface area contributed by atoms with E-state index in [0.717, 1.165) is 49.4 Å². The van der Waals surface area contributed by atoms with Crippen LogP contribution in [-0.2, 0) is 19.1 Å². The van der Waals surface area contributed by atoms with Gasteiger partial charge in [-0.25, -0.2) is 8.78 Å². The third kappa shape index (κ3) is 9.85. The molecule has 5 N–H and O–H groups in total. The summed E-state index contributed by atoms with van der Waals surface area (Å²) >= 11 is 0. The summed E-state index contributed by atoms with van der Waals surface area (Å²) in [6.45, 7) is 7.56. The van der Waals surface area contributed by atoms with Crippen LogP contribution < -0.4 is 21.7 Å². The summed E-state index contributed by atoms with van der Waals surface area (Å²) in [7, 11) is 0. The van der Waals surface area contributed by atoms with Gasteiger partial charge in [0.25, 0.3) is 0 Å². The van der Waals surface area contributed by atoms with Crippen molar-refractivity contribution < 1.29 is 27.9 Å². The second-order valence-electron chi connectivity index (χ2n) is 14.5. The molecular formula is C36H54F2N8O4. The number of aryl methyl sites for hydroxylation is 1. The quantitative estimate of drug-likeness (QED) is 0.188. The molecule has 1 aromatic heterocycles. The van der Waals surface area contributed by atoms with Crippen molar-refractivity contribution in [2.24, 2.45) is 11.7 Å². The summed E-state index contributed by atoms with van der Waals surface area (Å²) in [4.78, 5) is 40.3. The molecule has 2 unspecified atom stereocenters. The number of fused-ring (bicyclic) bond motifs is 2. The van der Waals surface area contributed by atoms with Crippen LogP contribution in [0.1, 0.15) is 113 Å². The zero-order valence-corrected chi connectivity index (χ0v) is 29.6. The van der Waals surface area contributed by atoms with Gasteiger partial charge in [-0.2, -0.15) is 0 Å². The molecule has 1 aliphatic carbocycles. The number of anilines is 1. The first-order valence-corrected chi connectivity index (χ1v) is 18.2. The summed E-state index contributed by atoms with van der Waals surface area (Å²) in [5.41, 5.74) is 6.86. The van der Waals surface area contributed by atoms with E-state index in [1.165, 1.54) is 0 Å². The average Bonchev–Trinajstić information content (AvgIpc) is 3.58. The fraction of sp³-hybridized carbons (Fsp3) is 0.694. The maximum absolute atomic E-state index is 13.9. The van der Waals surface area contributed by atoms with Crippen LogP contribution in [0.25, 0.3) is 0 Å². The van der Waals surface area contributed by atoms with Gasteiger partial charge < -0.3 is 31.0 Å². The van der Waals surface area contributed by atoms with Gasteiger partial charge in [-0.15, -0.1) is 10.2 Å². The van der Waals surface area contributed by atoms with Crippen molar-refractivity contribution in [3.05, 3.63) is 41.5 Å². The highest BCUT2D eigenvalue weighted by Crippen LogP contribution is 2.43. The molecule has 0 spiro atoms. The Hall–Kier alpha value is -3.49. The van der Waals surface area contributed by atoms with Gasteiger partial charge in [0.05, 0.1) is 6.04 Å². The van der Waals surface area contributed by atoms with Gasteiger partial charge in [-0.1, -0.05) is 26.0 Å². The lowest BCUT2D eigenvalue weighted by molar-refractivity contribution is -0.130. The third-order valence-corrected chi connectivity index (χ3v) is 10.5. The molecule has 2 saturated heterocycles. The van der Waals surface area contributed by atoms with E-state index in [-0.39, 0.29) is 56.8 Å². The number of aromatic nitrogens is 3. The molecule has 3 aliphatic rings. The summed E-state index contributed by atoms with van der Waals surface area (Å²) in [6.07, 6.45) is 5.45. The van der Waals surface area contributed by atoms with Crippen LogP contribution >= 0.6 is 0 Å². The first-order chi connectivity index (χ1) is 23.9. The monoisotopic (exact) mass is 700 g/mol. The molecule has 5 rings (SSSR count). The molecule has 1 aromatic carbocycles. The molecule has 2 aliphatic heterocycles. The lowest BCUT2D eigenvalue weighted by atomic mass is 9.86. The van der Waals surface area contributed by atoms with Gasteiger partial charge >= 0.3 is 0 Å². The number of hydrogen-bond acceptors (Lipinski definition) is 8. The molecule has 3 heterocycles. The Labute approximate surface area is 293 Å². The van der Waals surface area contributed by atoms with Crippen molar-refractivity contribution in [3.8, 4) is 0 Å². The van der Waals surface area contributed by atoms with Crippen molar-refractivity contribution in [1.82, 2.24) is 30.3 Å². The highest BCUT2D eigenvalue weighted by molar-refractivity contribution is 5.92. The Morgan fingerprint density at radius 3 is 2.28 bits per heavy atom. The lowest BCUT2D eigenvalue weighted by Gasteiger charge is -2.40. The van der Waals surface area contributed by atoms with E-state index < -0.39 is 17.7 Å². The molecular weight excluding hydrogens is 646 g/mol. The first-order valence-electron chi connectivity index (χ1n) is 18.2. The smallest absolute Gasteiger partial charge is 0.250 e. The number of alkyl halides is 2. The average molecular weight is 701 g/mol. The Morgan fingerprint density at radius 1 is 0.980 bits per heavy atom. The van der Waals surface area contributed by atoms with Gasteiger partial charge in [0.15, 0.2) is 0 Å². The molecule has 1 saturated carbocycles. The molecule has 0 radical (unpaired) electrons. The van der Waals surface area contributed by atoms with Gasteiger partial charge in [0.2, 0.25) is 23.6 Å². The van der Waals surface area contributed by atoms with Gasteiger partial charge in [0.1, 0.15) is 24.9 Å². The normalized spacial score (nSPS) is 22.7. The van der Waals surface area contributed by atoms with Crippen LogP contribution in [0.3, 0.4) is 0 Å². The Kier molecular flexibility index (Phi) is 12.9. The van der Waals surface area contributed by atoms with E-state index in [1.807, 2.05) is 19.1 Å². The molecule has 276 valence electrons. The summed E-state index contributed by atoms with van der Waals surface area (Å²) in [5, 5.41) is 17.5. The minimum absolute atomic E-state index is 0.173. The zero-order valence-electron chi connectivity index (χ0n) is 29.6. The number of carbonyl (C=O) groups excluding carboxylic acids is 3. The fourth-order valence-electron chi connectivity index (χ4n) is 7.86.